The Hall–Kier alpha value is -3.24. The number of carbonyl (C=O) groups is 1. The highest BCUT2D eigenvalue weighted by Gasteiger charge is 2.29. The first-order valence-electron chi connectivity index (χ1n) is 10.1. The summed E-state index contributed by atoms with van der Waals surface area (Å²) in [6.45, 7) is 1.59. The lowest BCUT2D eigenvalue weighted by Gasteiger charge is -2.24. The van der Waals surface area contributed by atoms with Gasteiger partial charge in [0.2, 0.25) is 0 Å². The van der Waals surface area contributed by atoms with Crippen molar-refractivity contribution in [1.82, 2.24) is 15.1 Å². The number of hydrogen-bond acceptors (Lipinski definition) is 8. The summed E-state index contributed by atoms with van der Waals surface area (Å²) in [5.74, 6) is 0.299. The zero-order valence-corrected chi connectivity index (χ0v) is 22.0. The predicted octanol–water partition coefficient (Wildman–Crippen LogP) is 6.63. The highest BCUT2D eigenvalue weighted by atomic mass is 35.5. The third-order valence-corrected chi connectivity index (χ3v) is 6.33. The summed E-state index contributed by atoms with van der Waals surface area (Å²) in [4.78, 5) is 23.7. The fourth-order valence-corrected chi connectivity index (χ4v) is 4.37. The molecule has 2 aromatic heterocycles. The number of anilines is 3. The Morgan fingerprint density at radius 2 is 1.61 bits per heavy atom. The lowest BCUT2D eigenvalue weighted by atomic mass is 10.1. The number of halogens is 4. The van der Waals surface area contributed by atoms with Crippen molar-refractivity contribution in [2.24, 2.45) is 0 Å². The number of hydrogen-bond donors (Lipinski definition) is 1. The van der Waals surface area contributed by atoms with Crippen LogP contribution in [0.5, 0.6) is 11.5 Å². The fraction of sp³-hybridized carbons (Fsp3) is 0.130. The van der Waals surface area contributed by atoms with Gasteiger partial charge in [-0.3, -0.25) is 9.69 Å². The number of nitrogen functional groups attached to an aromatic ring is 1. The second-order valence-corrected chi connectivity index (χ2v) is 8.94. The predicted molar refractivity (Wildman–Crippen MR) is 139 cm³/mol. The zero-order valence-electron chi connectivity index (χ0n) is 19.0. The molecule has 0 aliphatic rings. The van der Waals surface area contributed by atoms with Crippen molar-refractivity contribution >= 4 is 69.6 Å². The van der Waals surface area contributed by atoms with Crippen LogP contribution >= 0.6 is 46.4 Å². The molecule has 0 aliphatic heterocycles. The molecule has 0 bridgehead atoms. The Labute approximate surface area is 225 Å². The van der Waals surface area contributed by atoms with E-state index in [2.05, 4.69) is 15.1 Å². The van der Waals surface area contributed by atoms with Crippen LogP contribution in [0, 0.1) is 6.92 Å². The molecule has 0 saturated carbocycles. The van der Waals surface area contributed by atoms with E-state index in [4.69, 9.17) is 66.1 Å². The van der Waals surface area contributed by atoms with Gasteiger partial charge in [-0.2, -0.15) is 0 Å². The van der Waals surface area contributed by atoms with Crippen molar-refractivity contribution in [3.8, 4) is 22.8 Å². The molecule has 9 nitrogen and oxygen atoms in total. The number of nitrogens with zero attached hydrogens (tertiary/aromatic N) is 4. The molecule has 2 N–H and O–H groups in total. The van der Waals surface area contributed by atoms with E-state index in [1.54, 1.807) is 19.1 Å². The molecule has 36 heavy (non-hydrogen) atoms. The summed E-state index contributed by atoms with van der Waals surface area (Å²) < 4.78 is 15.6. The number of nitrogens with two attached hydrogens (primary N) is 1. The van der Waals surface area contributed by atoms with E-state index < -0.39 is 5.91 Å². The number of methoxy groups -OCH3 is 2. The Morgan fingerprint density at radius 3 is 2.19 bits per heavy atom. The first kappa shape index (κ1) is 25.8. The molecule has 1 amide bonds. The molecule has 0 radical (unpaired) electrons. The molecule has 13 heteroatoms. The summed E-state index contributed by atoms with van der Waals surface area (Å²) in [5.41, 5.74) is 7.25. The monoisotopic (exact) mass is 567 g/mol. The number of aryl methyl sites for hydroxylation is 1. The lowest BCUT2D eigenvalue weighted by molar-refractivity contribution is 0.0997. The number of ether oxygens (including phenoxy) is 2. The van der Waals surface area contributed by atoms with Crippen molar-refractivity contribution in [1.29, 1.82) is 0 Å². The molecule has 0 unspecified atom stereocenters. The Balaban J connectivity index is 1.91. The Bertz CT molecular complexity index is 1480. The number of amides is 1. The summed E-state index contributed by atoms with van der Waals surface area (Å²) in [6.07, 6.45) is 2.61. The van der Waals surface area contributed by atoms with Gasteiger partial charge in [-0.15, -0.1) is 0 Å². The average Bonchev–Trinajstić information content (AvgIpc) is 3.28. The van der Waals surface area contributed by atoms with Crippen LogP contribution in [-0.4, -0.2) is 35.3 Å². The van der Waals surface area contributed by atoms with E-state index in [0.717, 1.165) is 0 Å². The molecular formula is C23H17Cl4N5O4. The van der Waals surface area contributed by atoms with Gasteiger partial charge >= 0.3 is 0 Å². The average molecular weight is 569 g/mol. The first-order chi connectivity index (χ1) is 17.2. The third kappa shape index (κ3) is 4.75. The van der Waals surface area contributed by atoms with Crippen molar-refractivity contribution in [2.45, 2.75) is 6.92 Å². The highest BCUT2D eigenvalue weighted by molar-refractivity contribution is 6.38. The molecule has 0 spiro atoms. The van der Waals surface area contributed by atoms with Gasteiger partial charge < -0.3 is 19.7 Å². The second-order valence-electron chi connectivity index (χ2n) is 7.31. The number of aromatic nitrogens is 3. The van der Waals surface area contributed by atoms with Gasteiger partial charge in [0.1, 0.15) is 33.5 Å². The molecule has 186 valence electrons. The van der Waals surface area contributed by atoms with Gasteiger partial charge in [0.25, 0.3) is 5.91 Å². The molecule has 2 aromatic carbocycles. The number of benzene rings is 2. The Kier molecular flexibility index (Phi) is 7.46. The maximum absolute atomic E-state index is 13.7. The summed E-state index contributed by atoms with van der Waals surface area (Å²) in [6, 6.07) is 6.13. The molecule has 4 aromatic rings. The third-order valence-electron chi connectivity index (χ3n) is 5.12. The normalized spacial score (nSPS) is 10.9. The zero-order chi connectivity index (χ0) is 26.1. The van der Waals surface area contributed by atoms with Gasteiger partial charge in [-0.1, -0.05) is 51.6 Å². The summed E-state index contributed by atoms with van der Waals surface area (Å²) in [5, 5.41) is 4.66. The van der Waals surface area contributed by atoms with E-state index in [-0.39, 0.29) is 55.2 Å². The van der Waals surface area contributed by atoms with Gasteiger partial charge in [-0.25, -0.2) is 9.97 Å². The first-order valence-corrected chi connectivity index (χ1v) is 11.6. The molecule has 2 heterocycles. The standard InChI is InChI=1S/C23H17Cl4N5O4/c1-10-14(8-30-36-10)23(33)32(15-5-12(25)7-17(35-3)20(15)27)18-9-29-21(22(28)31-18)13-4-11(24)6-16(34-2)19(13)26/h4-9H,1-3H3,(H2,28,31). The summed E-state index contributed by atoms with van der Waals surface area (Å²) in [7, 11) is 2.88. The van der Waals surface area contributed by atoms with E-state index in [9.17, 15) is 4.79 Å². The molecule has 0 fully saturated rings. The summed E-state index contributed by atoms with van der Waals surface area (Å²) >= 11 is 25.5. The molecule has 0 saturated heterocycles. The lowest BCUT2D eigenvalue weighted by Crippen LogP contribution is -2.28. The van der Waals surface area contributed by atoms with Gasteiger partial charge in [0.05, 0.1) is 37.3 Å². The van der Waals surface area contributed by atoms with Gasteiger partial charge in [-0.05, 0) is 19.1 Å². The highest BCUT2D eigenvalue weighted by Crippen LogP contribution is 2.43. The fourth-order valence-electron chi connectivity index (χ4n) is 3.42. The largest absolute Gasteiger partial charge is 0.495 e. The smallest absolute Gasteiger partial charge is 0.269 e. The van der Waals surface area contributed by atoms with Crippen molar-refractivity contribution in [3.05, 3.63) is 68.1 Å². The minimum atomic E-state index is -0.566. The molecule has 4 rings (SSSR count). The van der Waals surface area contributed by atoms with Crippen LogP contribution in [0.15, 0.2) is 41.2 Å². The number of rotatable bonds is 6. The van der Waals surface area contributed by atoms with Crippen molar-refractivity contribution in [3.63, 3.8) is 0 Å². The van der Waals surface area contributed by atoms with Crippen LogP contribution in [0.1, 0.15) is 16.1 Å². The minimum Gasteiger partial charge on any atom is -0.495 e. The molecule has 0 atom stereocenters. The van der Waals surface area contributed by atoms with E-state index >= 15 is 0 Å². The maximum Gasteiger partial charge on any atom is 0.269 e. The van der Waals surface area contributed by atoms with Crippen molar-refractivity contribution < 1.29 is 18.8 Å². The van der Waals surface area contributed by atoms with Gasteiger partial charge in [0.15, 0.2) is 11.6 Å². The van der Waals surface area contributed by atoms with Crippen LogP contribution < -0.4 is 20.1 Å². The van der Waals surface area contributed by atoms with Crippen LogP contribution in [0.4, 0.5) is 17.3 Å². The van der Waals surface area contributed by atoms with Crippen LogP contribution in [0.3, 0.4) is 0 Å². The number of carbonyl (C=O) groups excluding carboxylic acids is 1. The van der Waals surface area contributed by atoms with Gasteiger partial charge in [0, 0.05) is 27.7 Å². The SMILES string of the molecule is COc1cc(Cl)cc(-c2ncc(N(C(=O)c3cnoc3C)c3cc(Cl)cc(OC)c3Cl)nc2N)c1Cl. The molecule has 0 aliphatic carbocycles. The second kappa shape index (κ2) is 10.4. The van der Waals surface area contributed by atoms with Crippen LogP contribution in [0.25, 0.3) is 11.3 Å². The maximum atomic E-state index is 13.7. The minimum absolute atomic E-state index is 0.0383. The van der Waals surface area contributed by atoms with Crippen LogP contribution in [-0.2, 0) is 0 Å². The Morgan fingerprint density at radius 1 is 0.972 bits per heavy atom. The molecular weight excluding hydrogens is 552 g/mol. The topological polar surface area (TPSA) is 117 Å². The van der Waals surface area contributed by atoms with Crippen LogP contribution in [0.2, 0.25) is 20.1 Å². The van der Waals surface area contributed by atoms with Crippen molar-refractivity contribution in [2.75, 3.05) is 24.9 Å². The van der Waals surface area contributed by atoms with E-state index in [1.165, 1.54) is 43.6 Å². The van der Waals surface area contributed by atoms with E-state index in [1.807, 2.05) is 0 Å². The quantitative estimate of drug-likeness (QED) is 0.275. The van der Waals surface area contributed by atoms with E-state index in [0.29, 0.717) is 16.3 Å².